The monoisotopic (exact) mass is 375 g/mol. The molecule has 0 spiro atoms. The van der Waals surface area contributed by atoms with E-state index in [1.54, 1.807) is 12.1 Å². The second-order valence-corrected chi connectivity index (χ2v) is 8.22. The molecule has 0 aliphatic rings. The topological polar surface area (TPSA) is 78.5 Å². The number of likely N-dealkylation sites (N-methyl/N-ethyl adjacent to an activating group) is 1. The highest BCUT2D eigenvalue weighted by molar-refractivity contribution is 7.89. The van der Waals surface area contributed by atoms with Gasteiger partial charge in [-0.05, 0) is 57.3 Å². The Kier molecular flexibility index (Phi) is 6.52. The van der Waals surface area contributed by atoms with Gasteiger partial charge in [-0.2, -0.15) is 0 Å². The van der Waals surface area contributed by atoms with Crippen LogP contribution < -0.4 is 10.0 Å². The molecular weight excluding hydrogens is 350 g/mol. The van der Waals surface area contributed by atoms with Gasteiger partial charge in [0.05, 0.1) is 4.90 Å². The summed E-state index contributed by atoms with van der Waals surface area (Å²) in [6.07, 6.45) is 0. The van der Waals surface area contributed by atoms with Crippen molar-refractivity contribution in [3.05, 3.63) is 59.2 Å². The van der Waals surface area contributed by atoms with Crippen LogP contribution in [0.25, 0.3) is 0 Å². The minimum absolute atomic E-state index is 0.0745. The van der Waals surface area contributed by atoms with Gasteiger partial charge in [-0.25, -0.2) is 13.1 Å². The Morgan fingerprint density at radius 2 is 1.65 bits per heavy atom. The Morgan fingerprint density at radius 1 is 1.04 bits per heavy atom. The average Bonchev–Trinajstić information content (AvgIpc) is 2.57. The molecular formula is C19H25N3O3S. The molecule has 2 aromatic carbocycles. The molecule has 2 rings (SSSR count). The summed E-state index contributed by atoms with van der Waals surface area (Å²) in [5, 5.41) is 2.87. The van der Waals surface area contributed by atoms with Gasteiger partial charge < -0.3 is 10.2 Å². The van der Waals surface area contributed by atoms with Crippen LogP contribution in [-0.2, 0) is 10.0 Å². The van der Waals surface area contributed by atoms with Crippen LogP contribution in [0.1, 0.15) is 21.5 Å². The van der Waals surface area contributed by atoms with Gasteiger partial charge in [0.25, 0.3) is 5.91 Å². The number of nitrogens with zero attached hydrogens (tertiary/aromatic N) is 1. The van der Waals surface area contributed by atoms with Gasteiger partial charge >= 0.3 is 0 Å². The first-order valence-electron chi connectivity index (χ1n) is 8.33. The number of nitrogens with one attached hydrogen (secondary N) is 2. The molecule has 0 heterocycles. The van der Waals surface area contributed by atoms with Gasteiger partial charge in [-0.15, -0.1) is 0 Å². The Labute approximate surface area is 155 Å². The number of sulfonamides is 1. The summed E-state index contributed by atoms with van der Waals surface area (Å²) in [4.78, 5) is 14.5. The number of amides is 1. The number of hydrogen-bond donors (Lipinski definition) is 2. The van der Waals surface area contributed by atoms with Crippen LogP contribution in [0.2, 0.25) is 0 Å². The zero-order valence-electron chi connectivity index (χ0n) is 15.5. The third-order valence-electron chi connectivity index (χ3n) is 3.98. The molecule has 0 aliphatic carbocycles. The van der Waals surface area contributed by atoms with Crippen molar-refractivity contribution in [2.45, 2.75) is 18.7 Å². The van der Waals surface area contributed by atoms with Gasteiger partial charge in [0.1, 0.15) is 0 Å². The normalized spacial score (nSPS) is 11.6. The zero-order chi connectivity index (χ0) is 19.3. The molecule has 6 nitrogen and oxygen atoms in total. The van der Waals surface area contributed by atoms with Crippen molar-refractivity contribution in [2.24, 2.45) is 0 Å². The first-order valence-corrected chi connectivity index (χ1v) is 9.81. The van der Waals surface area contributed by atoms with E-state index in [1.165, 1.54) is 12.1 Å². The van der Waals surface area contributed by atoms with Crippen molar-refractivity contribution < 1.29 is 13.2 Å². The number of para-hydroxylation sites is 1. The maximum absolute atomic E-state index is 12.6. The number of carbonyl (C=O) groups is 1. The van der Waals surface area contributed by atoms with E-state index in [2.05, 4.69) is 10.0 Å². The van der Waals surface area contributed by atoms with E-state index in [9.17, 15) is 13.2 Å². The molecule has 2 aromatic rings. The lowest BCUT2D eigenvalue weighted by Crippen LogP contribution is -2.31. The molecule has 140 valence electrons. The Hall–Kier alpha value is -2.22. The van der Waals surface area contributed by atoms with Crippen molar-refractivity contribution in [3.8, 4) is 0 Å². The lowest BCUT2D eigenvalue weighted by Gasteiger charge is -2.13. The molecule has 26 heavy (non-hydrogen) atoms. The van der Waals surface area contributed by atoms with Gasteiger partial charge in [0, 0.05) is 24.3 Å². The predicted molar refractivity (Wildman–Crippen MR) is 104 cm³/mol. The fourth-order valence-electron chi connectivity index (χ4n) is 2.49. The third kappa shape index (κ3) is 5.14. The van der Waals surface area contributed by atoms with Crippen LogP contribution in [0.15, 0.2) is 47.4 Å². The summed E-state index contributed by atoms with van der Waals surface area (Å²) in [5.74, 6) is -0.340. The molecule has 0 unspecified atom stereocenters. The maximum Gasteiger partial charge on any atom is 0.255 e. The van der Waals surface area contributed by atoms with Gasteiger partial charge in [0.15, 0.2) is 0 Å². The van der Waals surface area contributed by atoms with E-state index in [0.29, 0.717) is 18.7 Å². The van der Waals surface area contributed by atoms with E-state index in [0.717, 1.165) is 16.8 Å². The number of carbonyl (C=O) groups excluding carboxylic acids is 1. The molecule has 2 N–H and O–H groups in total. The van der Waals surface area contributed by atoms with Gasteiger partial charge in [-0.3, -0.25) is 4.79 Å². The van der Waals surface area contributed by atoms with E-state index < -0.39 is 10.0 Å². The summed E-state index contributed by atoms with van der Waals surface area (Å²) >= 11 is 0. The van der Waals surface area contributed by atoms with Gasteiger partial charge in [-0.1, -0.05) is 24.3 Å². The third-order valence-corrected chi connectivity index (χ3v) is 5.44. The Bertz CT molecular complexity index is 872. The van der Waals surface area contributed by atoms with Crippen molar-refractivity contribution >= 4 is 21.6 Å². The zero-order valence-corrected chi connectivity index (χ0v) is 16.4. The minimum Gasteiger partial charge on any atom is -0.322 e. The van der Waals surface area contributed by atoms with Crippen molar-refractivity contribution in [1.29, 1.82) is 0 Å². The highest BCUT2D eigenvalue weighted by atomic mass is 32.2. The average molecular weight is 375 g/mol. The lowest BCUT2D eigenvalue weighted by molar-refractivity contribution is 0.102. The fraction of sp³-hybridized carbons (Fsp3) is 0.316. The second kappa shape index (κ2) is 8.44. The van der Waals surface area contributed by atoms with Crippen LogP contribution in [0.3, 0.4) is 0 Å². The molecule has 0 saturated carbocycles. The molecule has 0 bridgehead atoms. The van der Waals surface area contributed by atoms with Crippen molar-refractivity contribution in [3.63, 3.8) is 0 Å². The molecule has 0 radical (unpaired) electrons. The fourth-order valence-corrected chi connectivity index (χ4v) is 3.56. The van der Waals surface area contributed by atoms with E-state index >= 15 is 0 Å². The molecule has 7 heteroatoms. The first-order chi connectivity index (χ1) is 12.2. The van der Waals surface area contributed by atoms with Crippen LogP contribution in [0.5, 0.6) is 0 Å². The maximum atomic E-state index is 12.6. The van der Waals surface area contributed by atoms with E-state index in [4.69, 9.17) is 0 Å². The van der Waals surface area contributed by atoms with Crippen LogP contribution in [0.4, 0.5) is 5.69 Å². The van der Waals surface area contributed by atoms with Crippen LogP contribution >= 0.6 is 0 Å². The van der Waals surface area contributed by atoms with Crippen LogP contribution in [0, 0.1) is 13.8 Å². The largest absolute Gasteiger partial charge is 0.322 e. The van der Waals surface area contributed by atoms with E-state index in [1.807, 2.05) is 51.0 Å². The summed E-state index contributed by atoms with van der Waals surface area (Å²) in [5.41, 5.74) is 2.94. The molecule has 0 aliphatic heterocycles. The number of aryl methyl sites for hydroxylation is 2. The number of anilines is 1. The first kappa shape index (κ1) is 20.1. The molecule has 0 fully saturated rings. The minimum atomic E-state index is -3.66. The lowest BCUT2D eigenvalue weighted by atomic mass is 10.1. The smallest absolute Gasteiger partial charge is 0.255 e. The summed E-state index contributed by atoms with van der Waals surface area (Å²) in [6.45, 7) is 4.72. The second-order valence-electron chi connectivity index (χ2n) is 6.45. The van der Waals surface area contributed by atoms with E-state index in [-0.39, 0.29) is 10.8 Å². The molecule has 0 atom stereocenters. The Morgan fingerprint density at radius 3 is 2.27 bits per heavy atom. The number of benzene rings is 2. The van der Waals surface area contributed by atoms with Crippen molar-refractivity contribution in [1.82, 2.24) is 9.62 Å². The number of hydrogen-bond acceptors (Lipinski definition) is 4. The summed E-state index contributed by atoms with van der Waals surface area (Å²) in [6, 6.07) is 11.8. The summed E-state index contributed by atoms with van der Waals surface area (Å²) in [7, 11) is 0.0779. The van der Waals surface area contributed by atoms with Crippen molar-refractivity contribution in [2.75, 3.05) is 32.5 Å². The van der Waals surface area contributed by atoms with Gasteiger partial charge in [0.2, 0.25) is 10.0 Å². The summed E-state index contributed by atoms with van der Waals surface area (Å²) < 4.78 is 27.3. The predicted octanol–water partition coefficient (Wildman–Crippen LogP) is 2.40. The quantitative estimate of drug-likeness (QED) is 0.779. The highest BCUT2D eigenvalue weighted by Crippen LogP contribution is 2.21. The highest BCUT2D eigenvalue weighted by Gasteiger charge is 2.16. The number of rotatable bonds is 7. The Balaban J connectivity index is 2.19. The van der Waals surface area contributed by atoms with Crippen LogP contribution in [-0.4, -0.2) is 46.4 Å². The SMILES string of the molecule is Cc1cccc(C)c1NC(=O)c1cccc(S(=O)(=O)NCCN(C)C)c1. The molecule has 0 saturated heterocycles. The molecule has 1 amide bonds. The molecule has 0 aromatic heterocycles. The standard InChI is InChI=1S/C19H25N3O3S/c1-14-7-5-8-15(2)18(14)21-19(23)16-9-6-10-17(13-16)26(24,25)20-11-12-22(3)4/h5-10,13,20H,11-12H2,1-4H3,(H,21,23).